The largest absolute Gasteiger partial charge is 0.307 e. The van der Waals surface area contributed by atoms with Crippen molar-refractivity contribution in [3.8, 4) is 0 Å². The van der Waals surface area contributed by atoms with Gasteiger partial charge in [0.25, 0.3) is 0 Å². The number of H-pyrrole nitrogens is 2. The normalized spacial score (nSPS) is 11.5. The predicted molar refractivity (Wildman–Crippen MR) is 59.7 cm³/mol. The van der Waals surface area contributed by atoms with E-state index < -0.39 is 0 Å². The Hall–Kier alpha value is -1.42. The van der Waals surface area contributed by atoms with Crippen molar-refractivity contribution in [1.82, 2.24) is 15.2 Å². The van der Waals surface area contributed by atoms with Gasteiger partial charge in [0.1, 0.15) is 0 Å². The number of fused-ring (bicyclic) bond motifs is 3. The van der Waals surface area contributed by atoms with Gasteiger partial charge in [0.05, 0.1) is 16.1 Å². The molecule has 0 aliphatic carbocycles. The highest BCUT2D eigenvalue weighted by Crippen LogP contribution is 2.26. The van der Waals surface area contributed by atoms with Crippen LogP contribution in [0.2, 0.25) is 0 Å². The number of nitrogens with one attached hydrogen (secondary N) is 2. The molecule has 1 aromatic carbocycles. The van der Waals surface area contributed by atoms with E-state index in [-0.39, 0.29) is 0 Å². The lowest BCUT2D eigenvalue weighted by Crippen LogP contribution is -1.73. The molecule has 0 saturated carbocycles. The maximum Gasteiger partial charge on any atom is 0.0972 e. The molecule has 2 aromatic heterocycles. The molecule has 4 heteroatoms. The molecule has 0 saturated heterocycles. The van der Waals surface area contributed by atoms with Crippen molar-refractivity contribution in [3.63, 3.8) is 0 Å². The van der Waals surface area contributed by atoms with Crippen molar-refractivity contribution in [2.45, 2.75) is 5.03 Å². The molecule has 0 aliphatic heterocycles. The first kappa shape index (κ1) is 7.94. The lowest BCUT2D eigenvalue weighted by Gasteiger charge is -1.89. The van der Waals surface area contributed by atoms with Crippen LogP contribution in [0.25, 0.3) is 21.8 Å². The van der Waals surface area contributed by atoms with E-state index in [0.717, 1.165) is 16.1 Å². The van der Waals surface area contributed by atoms with Gasteiger partial charge in [-0.05, 0) is 12.3 Å². The molecule has 0 amide bonds. The van der Waals surface area contributed by atoms with Crippen molar-refractivity contribution >= 4 is 33.6 Å². The van der Waals surface area contributed by atoms with Crippen LogP contribution in [0.3, 0.4) is 0 Å². The SMILES string of the molecule is CSc1cc2ccc3c[nH][nH]c3c2n1. The van der Waals surface area contributed by atoms with E-state index in [9.17, 15) is 0 Å². The lowest BCUT2D eigenvalue weighted by atomic mass is 10.2. The summed E-state index contributed by atoms with van der Waals surface area (Å²) in [6.07, 6.45) is 3.99. The molecule has 70 valence electrons. The third-order valence-corrected chi connectivity index (χ3v) is 3.00. The Labute approximate surface area is 84.9 Å². The average molecular weight is 203 g/mol. The number of thioether (sulfide) groups is 1. The van der Waals surface area contributed by atoms with Crippen molar-refractivity contribution in [1.29, 1.82) is 0 Å². The number of rotatable bonds is 1. The topological polar surface area (TPSA) is 44.5 Å². The van der Waals surface area contributed by atoms with Gasteiger partial charge in [0.15, 0.2) is 0 Å². The zero-order valence-corrected chi connectivity index (χ0v) is 8.48. The minimum Gasteiger partial charge on any atom is -0.307 e. The second kappa shape index (κ2) is 2.78. The quantitative estimate of drug-likeness (QED) is 0.597. The van der Waals surface area contributed by atoms with E-state index in [1.165, 1.54) is 10.8 Å². The first-order chi connectivity index (χ1) is 6.88. The number of aromatic nitrogens is 3. The Balaban J connectivity index is 2.49. The summed E-state index contributed by atoms with van der Waals surface area (Å²) in [5.74, 6) is 0. The Morgan fingerprint density at radius 1 is 1.29 bits per heavy atom. The van der Waals surface area contributed by atoms with Crippen LogP contribution in [0, 0.1) is 0 Å². The summed E-state index contributed by atoms with van der Waals surface area (Å²) in [6, 6.07) is 6.31. The molecule has 0 aliphatic rings. The zero-order chi connectivity index (χ0) is 9.54. The average Bonchev–Trinajstić information content (AvgIpc) is 2.82. The fourth-order valence-electron chi connectivity index (χ4n) is 1.68. The van der Waals surface area contributed by atoms with E-state index in [0.29, 0.717) is 0 Å². The van der Waals surface area contributed by atoms with Crippen molar-refractivity contribution < 1.29 is 0 Å². The summed E-state index contributed by atoms with van der Waals surface area (Å²) in [7, 11) is 0. The molecule has 0 unspecified atom stereocenters. The maximum absolute atomic E-state index is 4.54. The van der Waals surface area contributed by atoms with Crippen molar-refractivity contribution in [3.05, 3.63) is 24.4 Å². The summed E-state index contributed by atoms with van der Waals surface area (Å²) >= 11 is 1.67. The molecule has 3 aromatic rings. The van der Waals surface area contributed by atoms with E-state index in [1.54, 1.807) is 11.8 Å². The van der Waals surface area contributed by atoms with Crippen LogP contribution in [0.5, 0.6) is 0 Å². The number of aromatic amines is 2. The van der Waals surface area contributed by atoms with Gasteiger partial charge < -0.3 is 5.10 Å². The van der Waals surface area contributed by atoms with Gasteiger partial charge in [0, 0.05) is 17.0 Å². The van der Waals surface area contributed by atoms with Crippen LogP contribution >= 0.6 is 11.8 Å². The molecule has 0 atom stereocenters. The first-order valence-electron chi connectivity index (χ1n) is 4.37. The smallest absolute Gasteiger partial charge is 0.0972 e. The van der Waals surface area contributed by atoms with Gasteiger partial charge in [-0.2, -0.15) is 0 Å². The third kappa shape index (κ3) is 0.974. The highest BCUT2D eigenvalue weighted by atomic mass is 32.2. The minimum atomic E-state index is 1.05. The third-order valence-electron chi connectivity index (χ3n) is 2.38. The van der Waals surface area contributed by atoms with Gasteiger partial charge in [-0.3, -0.25) is 5.10 Å². The maximum atomic E-state index is 4.54. The molecular formula is C10H9N3S. The second-order valence-corrected chi connectivity index (χ2v) is 4.01. The predicted octanol–water partition coefficient (Wildman–Crippen LogP) is 2.77. The summed E-state index contributed by atoms with van der Waals surface area (Å²) in [5, 5.41) is 9.52. The van der Waals surface area contributed by atoms with Gasteiger partial charge >= 0.3 is 0 Å². The van der Waals surface area contributed by atoms with E-state index in [4.69, 9.17) is 0 Å². The summed E-state index contributed by atoms with van der Waals surface area (Å²) in [6.45, 7) is 0. The van der Waals surface area contributed by atoms with E-state index in [1.807, 2.05) is 12.5 Å². The van der Waals surface area contributed by atoms with Crippen molar-refractivity contribution in [2.24, 2.45) is 0 Å². The number of nitrogens with zero attached hydrogens (tertiary/aromatic N) is 1. The van der Waals surface area contributed by atoms with Crippen LogP contribution < -0.4 is 0 Å². The Bertz CT molecular complexity index is 593. The Morgan fingerprint density at radius 3 is 3.00 bits per heavy atom. The lowest BCUT2D eigenvalue weighted by molar-refractivity contribution is 1.12. The monoisotopic (exact) mass is 203 g/mol. The van der Waals surface area contributed by atoms with Crippen LogP contribution in [-0.2, 0) is 0 Å². The van der Waals surface area contributed by atoms with E-state index >= 15 is 0 Å². The van der Waals surface area contributed by atoms with Gasteiger partial charge in [0.2, 0.25) is 0 Å². The molecule has 0 spiro atoms. The van der Waals surface area contributed by atoms with Crippen molar-refractivity contribution in [2.75, 3.05) is 6.26 Å². The van der Waals surface area contributed by atoms with Gasteiger partial charge in [-0.25, -0.2) is 4.98 Å². The molecular weight excluding hydrogens is 194 g/mol. The van der Waals surface area contributed by atoms with E-state index in [2.05, 4.69) is 33.4 Å². The fraction of sp³-hybridized carbons (Fsp3) is 0.100. The summed E-state index contributed by atoms with van der Waals surface area (Å²) in [4.78, 5) is 4.54. The molecule has 2 heterocycles. The zero-order valence-electron chi connectivity index (χ0n) is 7.66. The molecule has 14 heavy (non-hydrogen) atoms. The molecule has 3 nitrogen and oxygen atoms in total. The van der Waals surface area contributed by atoms with Crippen LogP contribution in [-0.4, -0.2) is 21.4 Å². The number of hydrogen-bond donors (Lipinski definition) is 2. The minimum absolute atomic E-state index is 1.05. The number of hydrogen-bond acceptors (Lipinski definition) is 2. The molecule has 0 bridgehead atoms. The van der Waals surface area contributed by atoms with Gasteiger partial charge in [-0.1, -0.05) is 12.1 Å². The molecule has 0 radical (unpaired) electrons. The first-order valence-corrected chi connectivity index (χ1v) is 5.60. The standard InChI is InChI=1S/C10H9N3S/c1-14-8-4-6-2-3-7-5-11-13-10(7)9(6)12-8/h2-5,11,13H,1H3. The molecule has 3 rings (SSSR count). The highest BCUT2D eigenvalue weighted by molar-refractivity contribution is 7.98. The van der Waals surface area contributed by atoms with Crippen LogP contribution in [0.1, 0.15) is 0 Å². The highest BCUT2D eigenvalue weighted by Gasteiger charge is 2.06. The summed E-state index contributed by atoms with van der Waals surface area (Å²) < 4.78 is 0. The number of benzene rings is 1. The second-order valence-electron chi connectivity index (χ2n) is 3.18. The Kier molecular flexibility index (Phi) is 1.58. The van der Waals surface area contributed by atoms with Gasteiger partial charge in [-0.15, -0.1) is 11.8 Å². The molecule has 0 fully saturated rings. The molecule has 2 N–H and O–H groups in total. The van der Waals surface area contributed by atoms with Crippen LogP contribution in [0.15, 0.2) is 29.4 Å². The van der Waals surface area contributed by atoms with Crippen LogP contribution in [0.4, 0.5) is 0 Å². The fourth-order valence-corrected chi connectivity index (χ4v) is 2.10. The Morgan fingerprint density at radius 2 is 2.14 bits per heavy atom. The summed E-state index contributed by atoms with van der Waals surface area (Å²) in [5.41, 5.74) is 2.14.